The summed E-state index contributed by atoms with van der Waals surface area (Å²) in [5.41, 5.74) is -0.832. The van der Waals surface area contributed by atoms with Crippen molar-refractivity contribution >= 4 is 38.9 Å². The summed E-state index contributed by atoms with van der Waals surface area (Å²) in [5.74, 6) is -0.668. The molecule has 3 rings (SSSR count). The number of nitrogens with zero attached hydrogens (tertiary/aromatic N) is 1. The number of hydrogen-bond donors (Lipinski definition) is 1. The zero-order valence-electron chi connectivity index (χ0n) is 14.3. The van der Waals surface area contributed by atoms with Gasteiger partial charge in [-0.15, -0.1) is 0 Å². The van der Waals surface area contributed by atoms with Gasteiger partial charge in [-0.05, 0) is 36.4 Å². The molecule has 0 saturated carbocycles. The van der Waals surface area contributed by atoms with Crippen molar-refractivity contribution in [3.05, 3.63) is 53.1 Å². The molecule has 150 valence electrons. The normalized spacial score (nSPS) is 16.9. The topological polar surface area (TPSA) is 75.7 Å². The van der Waals surface area contributed by atoms with E-state index in [-0.39, 0.29) is 28.7 Å². The number of amides is 1. The van der Waals surface area contributed by atoms with Gasteiger partial charge in [0, 0.05) is 10.7 Å². The van der Waals surface area contributed by atoms with E-state index in [1.165, 1.54) is 24.3 Å². The van der Waals surface area contributed by atoms with Gasteiger partial charge in [-0.1, -0.05) is 17.7 Å². The fraction of sp³-hybridized carbons (Fsp3) is 0.235. The number of carbonyl (C=O) groups is 1. The third-order valence-electron chi connectivity index (χ3n) is 3.94. The second kappa shape index (κ2) is 7.17. The lowest BCUT2D eigenvalue weighted by molar-refractivity contribution is -0.137. The molecule has 1 N–H and O–H groups in total. The Kier molecular flexibility index (Phi) is 5.20. The molecule has 0 aromatic heterocycles. The van der Waals surface area contributed by atoms with Crippen LogP contribution < -0.4 is 14.4 Å². The Bertz CT molecular complexity index is 1030. The van der Waals surface area contributed by atoms with E-state index < -0.39 is 33.8 Å². The molecule has 2 aromatic carbocycles. The summed E-state index contributed by atoms with van der Waals surface area (Å²) in [7, 11) is -3.76. The van der Waals surface area contributed by atoms with Crippen LogP contribution in [0.2, 0.25) is 5.02 Å². The molecule has 6 nitrogen and oxygen atoms in total. The molecule has 1 aliphatic heterocycles. The highest BCUT2D eigenvalue weighted by Crippen LogP contribution is 2.37. The maximum absolute atomic E-state index is 12.8. The summed E-state index contributed by atoms with van der Waals surface area (Å²) in [4.78, 5) is 12.5. The largest absolute Gasteiger partial charge is 0.476 e. The van der Waals surface area contributed by atoms with Crippen LogP contribution >= 0.6 is 11.6 Å². The van der Waals surface area contributed by atoms with Crippen molar-refractivity contribution in [2.45, 2.75) is 12.3 Å². The molecule has 0 bridgehead atoms. The van der Waals surface area contributed by atoms with Gasteiger partial charge in [-0.25, -0.2) is 8.42 Å². The van der Waals surface area contributed by atoms with Crippen molar-refractivity contribution in [1.29, 1.82) is 0 Å². The van der Waals surface area contributed by atoms with Gasteiger partial charge < -0.3 is 10.1 Å². The Morgan fingerprint density at radius 2 is 1.96 bits per heavy atom. The van der Waals surface area contributed by atoms with Gasteiger partial charge in [0.1, 0.15) is 5.75 Å². The lowest BCUT2D eigenvalue weighted by atomic mass is 10.1. The van der Waals surface area contributed by atoms with E-state index in [2.05, 4.69) is 5.32 Å². The van der Waals surface area contributed by atoms with Crippen LogP contribution in [0.3, 0.4) is 0 Å². The van der Waals surface area contributed by atoms with Gasteiger partial charge in [0.05, 0.1) is 24.1 Å². The van der Waals surface area contributed by atoms with Crippen molar-refractivity contribution in [1.82, 2.24) is 0 Å². The van der Waals surface area contributed by atoms with Crippen molar-refractivity contribution < 1.29 is 31.1 Å². The number of hydrogen-bond acceptors (Lipinski definition) is 4. The van der Waals surface area contributed by atoms with Crippen LogP contribution in [-0.2, 0) is 21.0 Å². The Morgan fingerprint density at radius 3 is 2.61 bits per heavy atom. The number of fused-ring (bicyclic) bond motifs is 1. The number of ether oxygens (including phenoxy) is 1. The van der Waals surface area contributed by atoms with Crippen LogP contribution in [0, 0.1) is 0 Å². The average molecular weight is 435 g/mol. The van der Waals surface area contributed by atoms with E-state index in [0.717, 1.165) is 28.8 Å². The standard InChI is InChI=1S/C17H14ClF3N2O4S/c1-28(25,26)23-9-15(27-14-6-5-11(18)8-13(14)23)16(24)22-12-4-2-3-10(7-12)17(19,20)21/h2-8,15H,9H2,1H3,(H,22,24). The molecule has 1 unspecified atom stereocenters. The predicted octanol–water partition coefficient (Wildman–Crippen LogP) is 3.52. The third kappa shape index (κ3) is 4.33. The summed E-state index contributed by atoms with van der Waals surface area (Å²) >= 11 is 5.90. The number of benzene rings is 2. The highest BCUT2D eigenvalue weighted by atomic mass is 35.5. The van der Waals surface area contributed by atoms with Crippen molar-refractivity contribution in [3.63, 3.8) is 0 Å². The number of sulfonamides is 1. The Morgan fingerprint density at radius 1 is 1.25 bits per heavy atom. The molecule has 1 amide bonds. The summed E-state index contributed by atoms with van der Waals surface area (Å²) in [6.07, 6.45) is -4.86. The minimum Gasteiger partial charge on any atom is -0.476 e. The number of halogens is 4. The van der Waals surface area contributed by atoms with Crippen molar-refractivity contribution in [2.75, 3.05) is 22.4 Å². The van der Waals surface area contributed by atoms with Gasteiger partial charge in [-0.2, -0.15) is 13.2 Å². The first-order valence-corrected chi connectivity index (χ1v) is 10.1. The van der Waals surface area contributed by atoms with Crippen LogP contribution in [0.1, 0.15) is 5.56 Å². The number of anilines is 2. The maximum Gasteiger partial charge on any atom is 0.416 e. The zero-order valence-corrected chi connectivity index (χ0v) is 15.9. The monoisotopic (exact) mass is 434 g/mol. The number of carbonyl (C=O) groups excluding carboxylic acids is 1. The van der Waals surface area contributed by atoms with Crippen molar-refractivity contribution in [3.8, 4) is 5.75 Å². The second-order valence-corrected chi connectivity index (χ2v) is 8.42. The minimum atomic E-state index is -4.56. The Labute approximate surface area is 163 Å². The molecule has 2 aromatic rings. The molecule has 11 heteroatoms. The summed E-state index contributed by atoms with van der Waals surface area (Å²) in [5, 5.41) is 2.61. The highest BCUT2D eigenvalue weighted by molar-refractivity contribution is 7.92. The SMILES string of the molecule is CS(=O)(=O)N1CC(C(=O)Nc2cccc(C(F)(F)F)c2)Oc2ccc(Cl)cc21. The molecule has 0 aliphatic carbocycles. The van der Waals surface area contributed by atoms with Gasteiger partial charge in [0.15, 0.2) is 6.10 Å². The molecule has 1 atom stereocenters. The van der Waals surface area contributed by atoms with Gasteiger partial charge in [0.2, 0.25) is 10.0 Å². The second-order valence-electron chi connectivity index (χ2n) is 6.08. The molecular weight excluding hydrogens is 421 g/mol. The molecule has 1 heterocycles. The van der Waals surface area contributed by atoms with Gasteiger partial charge in [0.25, 0.3) is 5.91 Å². The third-order valence-corrected chi connectivity index (χ3v) is 5.32. The summed E-state index contributed by atoms with van der Waals surface area (Å²) in [6.45, 7) is -0.350. The quantitative estimate of drug-likeness (QED) is 0.802. The highest BCUT2D eigenvalue weighted by Gasteiger charge is 2.36. The molecule has 1 aliphatic rings. The lowest BCUT2D eigenvalue weighted by Crippen LogP contribution is -2.48. The molecule has 0 saturated heterocycles. The van der Waals surface area contributed by atoms with E-state index in [1.807, 2.05) is 0 Å². The Hall–Kier alpha value is -2.46. The summed E-state index contributed by atoms with van der Waals surface area (Å²) in [6, 6.07) is 8.37. The summed E-state index contributed by atoms with van der Waals surface area (Å²) < 4.78 is 69.2. The number of alkyl halides is 3. The smallest absolute Gasteiger partial charge is 0.416 e. The first-order valence-electron chi connectivity index (χ1n) is 7.87. The van der Waals surface area contributed by atoms with Gasteiger partial charge >= 0.3 is 6.18 Å². The maximum atomic E-state index is 12.8. The van der Waals surface area contributed by atoms with Crippen molar-refractivity contribution in [2.24, 2.45) is 0 Å². The van der Waals surface area contributed by atoms with Crippen LogP contribution in [0.5, 0.6) is 5.75 Å². The number of rotatable bonds is 3. The molecule has 0 spiro atoms. The van der Waals surface area contributed by atoms with E-state index in [0.29, 0.717) is 0 Å². The Balaban J connectivity index is 1.86. The van der Waals surface area contributed by atoms with Crippen LogP contribution in [-0.4, -0.2) is 33.2 Å². The molecule has 0 fully saturated rings. The minimum absolute atomic E-state index is 0.0868. The van der Waals surface area contributed by atoms with Crippen LogP contribution in [0.15, 0.2) is 42.5 Å². The molecule has 28 heavy (non-hydrogen) atoms. The fourth-order valence-electron chi connectivity index (χ4n) is 2.67. The average Bonchev–Trinajstić information content (AvgIpc) is 2.59. The van der Waals surface area contributed by atoms with Crippen LogP contribution in [0.4, 0.5) is 24.5 Å². The first kappa shape index (κ1) is 20.3. The fourth-order valence-corrected chi connectivity index (χ4v) is 3.74. The van der Waals surface area contributed by atoms with E-state index >= 15 is 0 Å². The number of nitrogens with one attached hydrogen (secondary N) is 1. The lowest BCUT2D eigenvalue weighted by Gasteiger charge is -2.34. The van der Waals surface area contributed by atoms with Crippen LogP contribution in [0.25, 0.3) is 0 Å². The van der Waals surface area contributed by atoms with E-state index in [4.69, 9.17) is 16.3 Å². The predicted molar refractivity (Wildman–Crippen MR) is 98.1 cm³/mol. The first-order chi connectivity index (χ1) is 12.9. The van der Waals surface area contributed by atoms with Gasteiger partial charge in [-0.3, -0.25) is 9.10 Å². The molecular formula is C17H14ClF3N2O4S. The molecule has 0 radical (unpaired) electrons. The van der Waals surface area contributed by atoms with E-state index in [1.54, 1.807) is 0 Å². The zero-order chi connectivity index (χ0) is 20.7. The van der Waals surface area contributed by atoms with E-state index in [9.17, 15) is 26.4 Å².